The summed E-state index contributed by atoms with van der Waals surface area (Å²) in [4.78, 5) is 42.2. The van der Waals surface area contributed by atoms with E-state index in [-0.39, 0.29) is 23.2 Å². The molecule has 0 spiro atoms. The van der Waals surface area contributed by atoms with Crippen LogP contribution in [0.25, 0.3) is 6.08 Å². The van der Waals surface area contributed by atoms with Gasteiger partial charge in [-0.2, -0.15) is 0 Å². The lowest BCUT2D eigenvalue weighted by Crippen LogP contribution is -2.54. The molecule has 3 amide bonds. The van der Waals surface area contributed by atoms with E-state index in [1.807, 2.05) is 61.2 Å². The Bertz CT molecular complexity index is 1570. The SMILES string of the molecule is COc1cc(/C=C2\C(=O)NC(=S)N(c3ccc(C)cc3C)C2=O)ccc1OCc1ccc(C(=O)N2CCCCC2)cc1. The third kappa shape index (κ3) is 6.21. The van der Waals surface area contributed by atoms with Crippen molar-refractivity contribution in [2.24, 2.45) is 0 Å². The Hall–Kier alpha value is -4.50. The fourth-order valence-corrected chi connectivity index (χ4v) is 5.45. The van der Waals surface area contributed by atoms with Gasteiger partial charge in [-0.1, -0.05) is 35.9 Å². The highest BCUT2D eigenvalue weighted by molar-refractivity contribution is 7.80. The van der Waals surface area contributed by atoms with Gasteiger partial charge in [-0.25, -0.2) is 0 Å². The molecule has 0 aliphatic carbocycles. The minimum Gasteiger partial charge on any atom is -0.493 e. The van der Waals surface area contributed by atoms with Gasteiger partial charge < -0.3 is 14.4 Å². The predicted molar refractivity (Wildman–Crippen MR) is 166 cm³/mol. The van der Waals surface area contributed by atoms with Crippen molar-refractivity contribution in [1.29, 1.82) is 0 Å². The molecule has 5 rings (SSSR count). The zero-order chi connectivity index (χ0) is 29.8. The maximum Gasteiger partial charge on any atom is 0.270 e. The minimum atomic E-state index is -0.562. The van der Waals surface area contributed by atoms with Crippen molar-refractivity contribution in [3.63, 3.8) is 0 Å². The number of nitrogens with one attached hydrogen (secondary N) is 1. The summed E-state index contributed by atoms with van der Waals surface area (Å²) in [5.74, 6) is -0.0420. The molecule has 2 aliphatic heterocycles. The molecule has 8 nitrogen and oxygen atoms in total. The molecule has 0 atom stereocenters. The number of anilines is 1. The summed E-state index contributed by atoms with van der Waals surface area (Å²) in [6, 6.07) is 18.3. The van der Waals surface area contributed by atoms with Gasteiger partial charge in [-0.15, -0.1) is 0 Å². The zero-order valence-corrected chi connectivity index (χ0v) is 24.8. The average molecular weight is 584 g/mol. The summed E-state index contributed by atoms with van der Waals surface area (Å²) in [5.41, 5.74) is 4.67. The molecule has 0 saturated carbocycles. The van der Waals surface area contributed by atoms with Gasteiger partial charge in [0, 0.05) is 18.7 Å². The number of thiocarbonyl (C=S) groups is 1. The average Bonchev–Trinajstić information content (AvgIpc) is 2.99. The summed E-state index contributed by atoms with van der Waals surface area (Å²) < 4.78 is 11.6. The van der Waals surface area contributed by atoms with E-state index in [9.17, 15) is 14.4 Å². The first-order valence-electron chi connectivity index (χ1n) is 13.9. The lowest BCUT2D eigenvalue weighted by molar-refractivity contribution is -0.122. The van der Waals surface area contributed by atoms with Crippen molar-refractivity contribution in [3.05, 3.63) is 94.1 Å². The number of nitrogens with zero attached hydrogens (tertiary/aromatic N) is 2. The fourth-order valence-electron chi connectivity index (χ4n) is 5.18. The molecule has 42 heavy (non-hydrogen) atoms. The van der Waals surface area contributed by atoms with Crippen LogP contribution >= 0.6 is 12.2 Å². The number of amides is 3. The van der Waals surface area contributed by atoms with Gasteiger partial charge in [-0.05, 0) is 98.4 Å². The van der Waals surface area contributed by atoms with Crippen LogP contribution < -0.4 is 19.7 Å². The molecule has 3 aromatic rings. The largest absolute Gasteiger partial charge is 0.493 e. The number of piperidine rings is 1. The van der Waals surface area contributed by atoms with Crippen LogP contribution in [0.1, 0.15) is 51.9 Å². The highest BCUT2D eigenvalue weighted by Gasteiger charge is 2.35. The lowest BCUT2D eigenvalue weighted by Gasteiger charge is -2.30. The summed E-state index contributed by atoms with van der Waals surface area (Å²) >= 11 is 5.34. The number of rotatable bonds is 7. The van der Waals surface area contributed by atoms with Gasteiger partial charge in [0.15, 0.2) is 16.6 Å². The lowest BCUT2D eigenvalue weighted by atomic mass is 10.0. The molecule has 9 heteroatoms. The van der Waals surface area contributed by atoms with E-state index in [0.29, 0.717) is 28.3 Å². The molecule has 216 valence electrons. The summed E-state index contributed by atoms with van der Waals surface area (Å²) in [5, 5.41) is 2.67. The standard InChI is InChI=1S/C33H33N3O5S/c1-21-7-13-27(22(2)17-21)36-32(39)26(30(37)34-33(36)42)18-24-10-14-28(29(19-24)40-3)41-20-23-8-11-25(12-9-23)31(38)35-15-5-4-6-16-35/h7-14,17-19H,4-6,15-16,20H2,1-3H3,(H,34,37,42)/b26-18+. The number of hydrogen-bond donors (Lipinski definition) is 1. The Morgan fingerprint density at radius 1 is 0.952 bits per heavy atom. The van der Waals surface area contributed by atoms with Crippen molar-refractivity contribution in [2.45, 2.75) is 39.7 Å². The van der Waals surface area contributed by atoms with Crippen LogP contribution in [0.3, 0.4) is 0 Å². The number of hydrogen-bond acceptors (Lipinski definition) is 6. The van der Waals surface area contributed by atoms with Crippen molar-refractivity contribution in [2.75, 3.05) is 25.1 Å². The van der Waals surface area contributed by atoms with Crippen molar-refractivity contribution < 1.29 is 23.9 Å². The monoisotopic (exact) mass is 583 g/mol. The highest BCUT2D eigenvalue weighted by Crippen LogP contribution is 2.31. The summed E-state index contributed by atoms with van der Waals surface area (Å²) in [6.07, 6.45) is 4.80. The Labute approximate surface area is 250 Å². The zero-order valence-electron chi connectivity index (χ0n) is 23.9. The van der Waals surface area contributed by atoms with E-state index >= 15 is 0 Å². The third-order valence-corrected chi connectivity index (χ3v) is 7.72. The molecule has 0 radical (unpaired) electrons. The highest BCUT2D eigenvalue weighted by atomic mass is 32.1. The number of benzene rings is 3. The first-order chi connectivity index (χ1) is 20.2. The first-order valence-corrected chi connectivity index (χ1v) is 14.3. The summed E-state index contributed by atoms with van der Waals surface area (Å²) in [7, 11) is 1.53. The van der Waals surface area contributed by atoms with Crippen LogP contribution in [0.4, 0.5) is 5.69 Å². The smallest absolute Gasteiger partial charge is 0.270 e. The summed E-state index contributed by atoms with van der Waals surface area (Å²) in [6.45, 7) is 5.76. The normalized spacial score (nSPS) is 16.5. The fraction of sp³-hybridized carbons (Fsp3) is 0.273. The molecule has 2 heterocycles. The molecular formula is C33H33N3O5S. The Kier molecular flexibility index (Phi) is 8.68. The van der Waals surface area contributed by atoms with E-state index in [1.54, 1.807) is 18.2 Å². The number of carbonyl (C=O) groups excluding carboxylic acids is 3. The van der Waals surface area contributed by atoms with E-state index in [4.69, 9.17) is 21.7 Å². The topological polar surface area (TPSA) is 88.2 Å². The third-order valence-electron chi connectivity index (χ3n) is 7.43. The number of ether oxygens (including phenoxy) is 2. The van der Waals surface area contributed by atoms with Crippen molar-refractivity contribution in [3.8, 4) is 11.5 Å². The van der Waals surface area contributed by atoms with Gasteiger partial charge in [-0.3, -0.25) is 24.6 Å². The predicted octanol–water partition coefficient (Wildman–Crippen LogP) is 5.35. The Balaban J connectivity index is 1.30. The second-order valence-electron chi connectivity index (χ2n) is 10.5. The molecule has 2 fully saturated rings. The van der Waals surface area contributed by atoms with Crippen molar-refractivity contribution in [1.82, 2.24) is 10.2 Å². The second kappa shape index (κ2) is 12.6. The van der Waals surface area contributed by atoms with Crippen LogP contribution in [0, 0.1) is 13.8 Å². The van der Waals surface area contributed by atoms with Crippen LogP contribution in [0.15, 0.2) is 66.2 Å². The van der Waals surface area contributed by atoms with E-state index < -0.39 is 11.8 Å². The van der Waals surface area contributed by atoms with Gasteiger partial charge in [0.25, 0.3) is 17.7 Å². The van der Waals surface area contributed by atoms with Crippen LogP contribution in [-0.4, -0.2) is 47.9 Å². The molecule has 2 saturated heterocycles. The molecule has 3 aromatic carbocycles. The van der Waals surface area contributed by atoms with E-state index in [0.717, 1.165) is 42.6 Å². The van der Waals surface area contributed by atoms with Crippen LogP contribution in [0.5, 0.6) is 11.5 Å². The molecule has 0 unspecified atom stereocenters. The van der Waals surface area contributed by atoms with Crippen LogP contribution in [0.2, 0.25) is 0 Å². The van der Waals surface area contributed by atoms with E-state index in [2.05, 4.69) is 5.32 Å². The quantitative estimate of drug-likeness (QED) is 0.229. The Morgan fingerprint density at radius 3 is 2.38 bits per heavy atom. The minimum absolute atomic E-state index is 0.0410. The number of likely N-dealkylation sites (tertiary alicyclic amines) is 1. The molecule has 0 bridgehead atoms. The number of aryl methyl sites for hydroxylation is 2. The number of carbonyl (C=O) groups is 3. The van der Waals surface area contributed by atoms with E-state index in [1.165, 1.54) is 24.5 Å². The number of methoxy groups -OCH3 is 1. The molecule has 1 N–H and O–H groups in total. The van der Waals surface area contributed by atoms with Crippen molar-refractivity contribution >= 4 is 46.8 Å². The van der Waals surface area contributed by atoms with Gasteiger partial charge in [0.2, 0.25) is 0 Å². The van der Waals surface area contributed by atoms with Gasteiger partial charge in [0.1, 0.15) is 12.2 Å². The molecule has 0 aromatic heterocycles. The van der Waals surface area contributed by atoms with Gasteiger partial charge in [0.05, 0.1) is 12.8 Å². The molecule has 2 aliphatic rings. The van der Waals surface area contributed by atoms with Crippen LogP contribution in [-0.2, 0) is 16.2 Å². The van der Waals surface area contributed by atoms with Gasteiger partial charge >= 0.3 is 0 Å². The first kappa shape index (κ1) is 29.0. The molecular weight excluding hydrogens is 550 g/mol. The Morgan fingerprint density at radius 2 is 1.69 bits per heavy atom. The maximum atomic E-state index is 13.5. The second-order valence-corrected chi connectivity index (χ2v) is 10.9. The maximum absolute atomic E-state index is 13.5.